The van der Waals surface area contributed by atoms with Crippen LogP contribution in [0.5, 0.6) is 0 Å². The van der Waals surface area contributed by atoms with Gasteiger partial charge in [-0.3, -0.25) is 14.4 Å². The molecular formula is C23H13Cl5O5. The average molecular weight is 547 g/mol. The number of carbonyl (C=O) groups is 3. The molecule has 170 valence electrons. The smallest absolute Gasteiger partial charge is 0.326 e. The van der Waals surface area contributed by atoms with Gasteiger partial charge in [-0.05, 0) is 16.7 Å². The Labute approximate surface area is 213 Å². The molecule has 0 radical (unpaired) electrons. The van der Waals surface area contributed by atoms with Gasteiger partial charge in [0.1, 0.15) is 0 Å². The fourth-order valence-electron chi connectivity index (χ4n) is 3.47. The molecular weight excluding hydrogens is 534 g/mol. The molecule has 0 bridgehead atoms. The fraction of sp³-hybridized carbons (Fsp3) is 0.0870. The lowest BCUT2D eigenvalue weighted by molar-refractivity contribution is -0.157. The highest BCUT2D eigenvalue weighted by molar-refractivity contribution is 6.56. The van der Waals surface area contributed by atoms with Gasteiger partial charge in [0.05, 0.1) is 30.7 Å². The van der Waals surface area contributed by atoms with E-state index in [0.29, 0.717) is 11.1 Å². The Balaban J connectivity index is 2.26. The minimum atomic E-state index is -2.67. The Hall–Kier alpha value is -2.28. The van der Waals surface area contributed by atoms with Crippen LogP contribution in [0.2, 0.25) is 25.1 Å². The quantitative estimate of drug-likeness (QED) is 0.140. The van der Waals surface area contributed by atoms with Gasteiger partial charge in [0.25, 0.3) is 0 Å². The molecule has 0 saturated heterocycles. The van der Waals surface area contributed by atoms with Gasteiger partial charge in [-0.1, -0.05) is 113 Å². The third kappa shape index (κ3) is 4.44. The molecule has 0 unspecified atom stereocenters. The highest BCUT2D eigenvalue weighted by Crippen LogP contribution is 2.46. The highest BCUT2D eigenvalue weighted by atomic mass is 35.5. The lowest BCUT2D eigenvalue weighted by Crippen LogP contribution is -2.46. The number of benzene rings is 3. The van der Waals surface area contributed by atoms with Crippen molar-refractivity contribution >= 4 is 75.7 Å². The molecule has 10 heteroatoms. The van der Waals surface area contributed by atoms with Crippen molar-refractivity contribution in [1.82, 2.24) is 0 Å². The molecule has 0 aliphatic heterocycles. The lowest BCUT2D eigenvalue weighted by Gasteiger charge is -2.27. The maximum Gasteiger partial charge on any atom is 0.326 e. The molecule has 3 rings (SSSR count). The van der Waals surface area contributed by atoms with E-state index in [9.17, 15) is 24.6 Å². The summed E-state index contributed by atoms with van der Waals surface area (Å²) in [5, 5.41) is 18.8. The van der Waals surface area contributed by atoms with E-state index in [2.05, 4.69) is 0 Å². The third-order valence-electron chi connectivity index (χ3n) is 5.12. The number of halogens is 5. The first-order valence-corrected chi connectivity index (χ1v) is 11.1. The van der Waals surface area contributed by atoms with Crippen LogP contribution in [0.1, 0.15) is 22.3 Å². The van der Waals surface area contributed by atoms with E-state index in [1.54, 1.807) is 42.5 Å². The zero-order valence-corrected chi connectivity index (χ0v) is 20.2. The van der Waals surface area contributed by atoms with Crippen LogP contribution in [0.25, 0.3) is 11.1 Å². The molecule has 0 fully saturated rings. The summed E-state index contributed by atoms with van der Waals surface area (Å²) in [6.45, 7) is 0. The molecule has 0 saturated carbocycles. The standard InChI is InChI=1S/C23H13Cl5O5/c24-16-15(17(25)19(27)20(28)18(16)26)14(29)10-23(21(30)31,22(32)33)13-9-5-4-8-12(13)11-6-2-1-3-7-11/h1-9H,10H2,(H,30,31)(H,32,33). The minimum Gasteiger partial charge on any atom is -0.480 e. The van der Waals surface area contributed by atoms with Gasteiger partial charge in [0, 0.05) is 6.42 Å². The molecule has 0 aromatic heterocycles. The van der Waals surface area contributed by atoms with E-state index in [0.717, 1.165) is 0 Å². The van der Waals surface area contributed by atoms with Crippen LogP contribution in [-0.4, -0.2) is 27.9 Å². The van der Waals surface area contributed by atoms with Crippen LogP contribution in [-0.2, 0) is 15.0 Å². The maximum atomic E-state index is 13.3. The van der Waals surface area contributed by atoms with Crippen LogP contribution >= 0.6 is 58.0 Å². The Morgan fingerprint density at radius 2 is 1.12 bits per heavy atom. The second-order valence-electron chi connectivity index (χ2n) is 6.97. The summed E-state index contributed by atoms with van der Waals surface area (Å²) in [6.07, 6.45) is -1.02. The van der Waals surface area contributed by atoms with Crippen molar-refractivity contribution in [2.75, 3.05) is 0 Å². The number of ketones is 1. The Bertz CT molecular complexity index is 1230. The molecule has 2 N–H and O–H groups in total. The number of carbonyl (C=O) groups excluding carboxylic acids is 1. The first kappa shape index (κ1) is 25.3. The van der Waals surface area contributed by atoms with Crippen LogP contribution in [0.4, 0.5) is 0 Å². The van der Waals surface area contributed by atoms with Gasteiger partial charge in [-0.2, -0.15) is 0 Å². The predicted octanol–water partition coefficient (Wildman–Crippen LogP) is 7.30. The van der Waals surface area contributed by atoms with Crippen molar-refractivity contribution < 1.29 is 24.6 Å². The van der Waals surface area contributed by atoms with E-state index in [4.69, 9.17) is 58.0 Å². The number of hydrogen-bond acceptors (Lipinski definition) is 3. The van der Waals surface area contributed by atoms with Crippen molar-refractivity contribution in [2.45, 2.75) is 11.8 Å². The monoisotopic (exact) mass is 544 g/mol. The van der Waals surface area contributed by atoms with Crippen molar-refractivity contribution in [3.8, 4) is 11.1 Å². The minimum absolute atomic E-state index is 0.0945. The number of hydrogen-bond donors (Lipinski definition) is 2. The van der Waals surface area contributed by atoms with Crippen molar-refractivity contribution in [3.63, 3.8) is 0 Å². The normalized spacial score (nSPS) is 11.3. The summed E-state index contributed by atoms with van der Waals surface area (Å²) < 4.78 is 0. The molecule has 0 amide bonds. The first-order chi connectivity index (χ1) is 15.5. The SMILES string of the molecule is O=C(CC(C(=O)O)(C(=O)O)c1ccccc1-c1ccccc1)c1c(Cl)c(Cl)c(Cl)c(Cl)c1Cl. The fourth-order valence-corrected chi connectivity index (χ4v) is 4.82. The van der Waals surface area contributed by atoms with Crippen molar-refractivity contribution in [3.05, 3.63) is 90.8 Å². The third-order valence-corrected chi connectivity index (χ3v) is 7.39. The topological polar surface area (TPSA) is 91.7 Å². The van der Waals surface area contributed by atoms with Gasteiger partial charge in [0.15, 0.2) is 11.2 Å². The second kappa shape index (κ2) is 9.92. The molecule has 3 aromatic rings. The van der Waals surface area contributed by atoms with E-state index >= 15 is 0 Å². The number of rotatable bonds is 7. The zero-order valence-electron chi connectivity index (χ0n) is 16.4. The molecule has 0 aliphatic rings. The second-order valence-corrected chi connectivity index (χ2v) is 8.86. The number of aliphatic carboxylic acids is 2. The molecule has 0 spiro atoms. The molecule has 0 aliphatic carbocycles. The summed E-state index contributed by atoms with van der Waals surface area (Å²) >= 11 is 30.3. The van der Waals surface area contributed by atoms with Gasteiger partial charge in [0.2, 0.25) is 0 Å². The van der Waals surface area contributed by atoms with Crippen molar-refractivity contribution in [2.24, 2.45) is 0 Å². The summed E-state index contributed by atoms with van der Waals surface area (Å²) in [6, 6.07) is 14.6. The van der Waals surface area contributed by atoms with E-state index in [1.165, 1.54) is 12.1 Å². The maximum absolute atomic E-state index is 13.3. The number of carboxylic acids is 2. The summed E-state index contributed by atoms with van der Waals surface area (Å²) in [4.78, 5) is 38.3. The van der Waals surface area contributed by atoms with E-state index < -0.39 is 35.1 Å². The number of carboxylic acid groups (broad SMARTS) is 2. The zero-order chi connectivity index (χ0) is 24.5. The van der Waals surface area contributed by atoms with Gasteiger partial charge >= 0.3 is 11.9 Å². The van der Waals surface area contributed by atoms with Crippen LogP contribution in [0.3, 0.4) is 0 Å². The number of Topliss-reactive ketones (excluding diaryl/α,β-unsaturated/α-hetero) is 1. The van der Waals surface area contributed by atoms with Crippen LogP contribution < -0.4 is 0 Å². The van der Waals surface area contributed by atoms with E-state index in [-0.39, 0.29) is 30.7 Å². The average Bonchev–Trinajstić information content (AvgIpc) is 2.80. The van der Waals surface area contributed by atoms with Crippen LogP contribution in [0.15, 0.2) is 54.6 Å². The van der Waals surface area contributed by atoms with Gasteiger partial charge < -0.3 is 10.2 Å². The Morgan fingerprint density at radius 3 is 1.64 bits per heavy atom. The molecule has 5 nitrogen and oxygen atoms in total. The lowest BCUT2D eigenvalue weighted by atomic mass is 9.72. The van der Waals surface area contributed by atoms with E-state index in [1.807, 2.05) is 0 Å². The first-order valence-electron chi connectivity index (χ1n) is 9.20. The predicted molar refractivity (Wildman–Crippen MR) is 129 cm³/mol. The van der Waals surface area contributed by atoms with Crippen LogP contribution in [0, 0.1) is 0 Å². The summed E-state index contributed by atoms with van der Waals surface area (Å²) in [7, 11) is 0. The van der Waals surface area contributed by atoms with Gasteiger partial charge in [-0.15, -0.1) is 0 Å². The Morgan fingerprint density at radius 1 is 0.667 bits per heavy atom. The molecule has 0 heterocycles. The molecule has 0 atom stereocenters. The highest BCUT2D eigenvalue weighted by Gasteiger charge is 2.51. The summed E-state index contributed by atoms with van der Waals surface area (Å²) in [5.41, 5.74) is -2.28. The van der Waals surface area contributed by atoms with Gasteiger partial charge in [-0.25, -0.2) is 0 Å². The molecule has 3 aromatic carbocycles. The van der Waals surface area contributed by atoms with Crippen molar-refractivity contribution in [1.29, 1.82) is 0 Å². The Kier molecular flexibility index (Phi) is 7.62. The largest absolute Gasteiger partial charge is 0.480 e. The summed E-state index contributed by atoms with van der Waals surface area (Å²) in [5.74, 6) is -4.48. The molecule has 33 heavy (non-hydrogen) atoms.